The van der Waals surface area contributed by atoms with E-state index in [1.807, 2.05) is 24.3 Å². The normalized spacial score (nSPS) is 21.4. The third-order valence-electron chi connectivity index (χ3n) is 3.88. The van der Waals surface area contributed by atoms with Gasteiger partial charge in [0.1, 0.15) is 5.82 Å². The number of benzene rings is 1. The standard InChI is InChI=1S/C17H18FN3O/c18-13-5-3-4-12(10-13)17-15(7-8-16(22)21-17)20-11-14-6-1-2-9-19-14/h1-6,9-10,15,17,20H,7-8,11H2,(H,21,22)/t15-,17+/m1/s1. The Morgan fingerprint density at radius 3 is 2.95 bits per heavy atom. The number of nitrogens with zero attached hydrogens (tertiary/aromatic N) is 1. The molecule has 0 aliphatic carbocycles. The quantitative estimate of drug-likeness (QED) is 0.911. The lowest BCUT2D eigenvalue weighted by Crippen LogP contribution is -2.48. The van der Waals surface area contributed by atoms with Crippen molar-refractivity contribution in [1.29, 1.82) is 0 Å². The first-order valence-corrected chi connectivity index (χ1v) is 7.40. The molecular weight excluding hydrogens is 281 g/mol. The molecule has 1 aromatic carbocycles. The van der Waals surface area contributed by atoms with Crippen LogP contribution in [0, 0.1) is 5.82 Å². The van der Waals surface area contributed by atoms with Crippen molar-refractivity contribution in [3.63, 3.8) is 0 Å². The molecule has 1 saturated heterocycles. The van der Waals surface area contributed by atoms with Crippen molar-refractivity contribution in [1.82, 2.24) is 15.6 Å². The Morgan fingerprint density at radius 1 is 1.27 bits per heavy atom. The number of hydrogen-bond donors (Lipinski definition) is 2. The minimum Gasteiger partial charge on any atom is -0.348 e. The molecule has 114 valence electrons. The Balaban J connectivity index is 1.74. The molecule has 1 amide bonds. The molecule has 1 aromatic heterocycles. The van der Waals surface area contributed by atoms with Gasteiger partial charge < -0.3 is 10.6 Å². The van der Waals surface area contributed by atoms with Gasteiger partial charge in [0, 0.05) is 25.2 Å². The van der Waals surface area contributed by atoms with Crippen LogP contribution in [0.4, 0.5) is 4.39 Å². The van der Waals surface area contributed by atoms with Crippen molar-refractivity contribution in [2.75, 3.05) is 0 Å². The maximum Gasteiger partial charge on any atom is 0.220 e. The minimum atomic E-state index is -0.291. The largest absolute Gasteiger partial charge is 0.348 e. The van der Waals surface area contributed by atoms with Gasteiger partial charge in [-0.2, -0.15) is 0 Å². The monoisotopic (exact) mass is 299 g/mol. The molecule has 2 heterocycles. The summed E-state index contributed by atoms with van der Waals surface area (Å²) in [5.41, 5.74) is 1.73. The highest BCUT2D eigenvalue weighted by atomic mass is 19.1. The summed E-state index contributed by atoms with van der Waals surface area (Å²) in [6, 6.07) is 12.0. The molecule has 3 rings (SSSR count). The Kier molecular flexibility index (Phi) is 4.44. The van der Waals surface area contributed by atoms with Crippen LogP contribution in [0.3, 0.4) is 0 Å². The van der Waals surface area contributed by atoms with Crippen LogP contribution in [0.2, 0.25) is 0 Å². The van der Waals surface area contributed by atoms with Gasteiger partial charge in [0.25, 0.3) is 0 Å². The van der Waals surface area contributed by atoms with Crippen molar-refractivity contribution in [2.45, 2.75) is 31.5 Å². The summed E-state index contributed by atoms with van der Waals surface area (Å²) >= 11 is 0. The zero-order valence-electron chi connectivity index (χ0n) is 12.1. The summed E-state index contributed by atoms with van der Waals surface area (Å²) in [6.45, 7) is 0.618. The second-order valence-corrected chi connectivity index (χ2v) is 5.45. The zero-order valence-corrected chi connectivity index (χ0v) is 12.1. The number of amides is 1. The zero-order chi connectivity index (χ0) is 15.4. The Labute approximate surface area is 128 Å². The van der Waals surface area contributed by atoms with Gasteiger partial charge in [0.05, 0.1) is 11.7 Å². The highest BCUT2D eigenvalue weighted by Crippen LogP contribution is 2.25. The van der Waals surface area contributed by atoms with Crippen LogP contribution in [0.1, 0.15) is 30.1 Å². The van der Waals surface area contributed by atoms with Gasteiger partial charge in [0.15, 0.2) is 0 Å². The molecule has 22 heavy (non-hydrogen) atoms. The molecule has 0 unspecified atom stereocenters. The van der Waals surface area contributed by atoms with Crippen LogP contribution in [-0.4, -0.2) is 16.9 Å². The fraction of sp³-hybridized carbons (Fsp3) is 0.294. The summed E-state index contributed by atoms with van der Waals surface area (Å²) in [5.74, 6) is -0.286. The first kappa shape index (κ1) is 14.7. The maximum absolute atomic E-state index is 13.5. The lowest BCUT2D eigenvalue weighted by atomic mass is 9.92. The number of halogens is 1. The van der Waals surface area contributed by atoms with Crippen molar-refractivity contribution < 1.29 is 9.18 Å². The molecule has 2 atom stereocenters. The second-order valence-electron chi connectivity index (χ2n) is 5.45. The molecule has 0 radical (unpaired) electrons. The van der Waals surface area contributed by atoms with Gasteiger partial charge >= 0.3 is 0 Å². The van der Waals surface area contributed by atoms with E-state index < -0.39 is 0 Å². The highest BCUT2D eigenvalue weighted by Gasteiger charge is 2.29. The summed E-state index contributed by atoms with van der Waals surface area (Å²) in [4.78, 5) is 16.0. The minimum absolute atomic E-state index is 0.00477. The smallest absolute Gasteiger partial charge is 0.220 e. The number of aromatic nitrogens is 1. The average Bonchev–Trinajstić information content (AvgIpc) is 2.54. The van der Waals surface area contributed by atoms with E-state index in [9.17, 15) is 9.18 Å². The van der Waals surface area contributed by atoms with Crippen molar-refractivity contribution in [2.24, 2.45) is 0 Å². The van der Waals surface area contributed by atoms with E-state index in [1.54, 1.807) is 12.3 Å². The molecule has 4 nitrogen and oxygen atoms in total. The summed E-state index contributed by atoms with van der Waals surface area (Å²) in [7, 11) is 0. The fourth-order valence-electron chi connectivity index (χ4n) is 2.77. The molecule has 5 heteroatoms. The summed E-state index contributed by atoms with van der Waals surface area (Å²) in [6.07, 6.45) is 2.95. The van der Waals surface area contributed by atoms with Crippen LogP contribution in [-0.2, 0) is 11.3 Å². The molecule has 0 saturated carbocycles. The van der Waals surface area contributed by atoms with Crippen LogP contribution >= 0.6 is 0 Å². The lowest BCUT2D eigenvalue weighted by molar-refractivity contribution is -0.123. The van der Waals surface area contributed by atoms with E-state index in [-0.39, 0.29) is 23.8 Å². The number of hydrogen-bond acceptors (Lipinski definition) is 3. The molecule has 1 fully saturated rings. The highest BCUT2D eigenvalue weighted by molar-refractivity contribution is 5.77. The number of nitrogens with one attached hydrogen (secondary N) is 2. The van der Waals surface area contributed by atoms with Crippen LogP contribution in [0.15, 0.2) is 48.7 Å². The Morgan fingerprint density at radius 2 is 2.18 bits per heavy atom. The third-order valence-corrected chi connectivity index (χ3v) is 3.88. The fourth-order valence-corrected chi connectivity index (χ4v) is 2.77. The van der Waals surface area contributed by atoms with E-state index in [0.29, 0.717) is 13.0 Å². The maximum atomic E-state index is 13.5. The third kappa shape index (κ3) is 3.49. The predicted molar refractivity (Wildman–Crippen MR) is 81.4 cm³/mol. The number of pyridine rings is 1. The summed E-state index contributed by atoms with van der Waals surface area (Å²) < 4.78 is 13.5. The molecule has 1 aliphatic heterocycles. The van der Waals surface area contributed by atoms with Gasteiger partial charge in [0.2, 0.25) is 5.91 Å². The topological polar surface area (TPSA) is 54.0 Å². The SMILES string of the molecule is O=C1CC[C@@H](NCc2ccccn2)[C@H](c2cccc(F)c2)N1. The summed E-state index contributed by atoms with van der Waals surface area (Å²) in [5, 5.41) is 6.38. The number of carbonyl (C=O) groups is 1. The second kappa shape index (κ2) is 6.66. The van der Waals surface area contributed by atoms with E-state index >= 15 is 0 Å². The number of piperidine rings is 1. The van der Waals surface area contributed by atoms with E-state index in [0.717, 1.165) is 17.7 Å². The van der Waals surface area contributed by atoms with Crippen molar-refractivity contribution >= 4 is 5.91 Å². The van der Waals surface area contributed by atoms with Gasteiger partial charge in [-0.3, -0.25) is 9.78 Å². The molecule has 0 bridgehead atoms. The molecule has 2 N–H and O–H groups in total. The van der Waals surface area contributed by atoms with E-state index in [2.05, 4.69) is 15.6 Å². The van der Waals surface area contributed by atoms with Crippen LogP contribution in [0.25, 0.3) is 0 Å². The van der Waals surface area contributed by atoms with Gasteiger partial charge in [-0.05, 0) is 36.2 Å². The van der Waals surface area contributed by atoms with Crippen molar-refractivity contribution in [3.8, 4) is 0 Å². The van der Waals surface area contributed by atoms with Crippen LogP contribution in [0.5, 0.6) is 0 Å². The van der Waals surface area contributed by atoms with Gasteiger partial charge in [-0.15, -0.1) is 0 Å². The average molecular weight is 299 g/mol. The van der Waals surface area contributed by atoms with E-state index in [1.165, 1.54) is 12.1 Å². The van der Waals surface area contributed by atoms with E-state index in [4.69, 9.17) is 0 Å². The predicted octanol–water partition coefficient (Wildman–Crippen LogP) is 2.33. The number of carbonyl (C=O) groups excluding carboxylic acids is 1. The van der Waals surface area contributed by atoms with Crippen molar-refractivity contribution in [3.05, 3.63) is 65.7 Å². The van der Waals surface area contributed by atoms with Crippen LogP contribution < -0.4 is 10.6 Å². The van der Waals surface area contributed by atoms with Gasteiger partial charge in [-0.1, -0.05) is 18.2 Å². The first-order valence-electron chi connectivity index (χ1n) is 7.40. The van der Waals surface area contributed by atoms with Gasteiger partial charge in [-0.25, -0.2) is 4.39 Å². The Bertz CT molecular complexity index is 647. The lowest BCUT2D eigenvalue weighted by Gasteiger charge is -2.33. The first-order chi connectivity index (χ1) is 10.7. The molecule has 0 spiro atoms. The molecule has 1 aliphatic rings. The number of rotatable bonds is 4. The molecule has 2 aromatic rings. The Hall–Kier alpha value is -2.27. The molecular formula is C17H18FN3O.